The first-order valence-electron chi connectivity index (χ1n) is 6.11. The third kappa shape index (κ3) is 2.64. The highest BCUT2D eigenvalue weighted by Crippen LogP contribution is 2.37. The lowest BCUT2D eigenvalue weighted by atomic mass is 9.99. The summed E-state index contributed by atoms with van der Waals surface area (Å²) in [6.45, 7) is 8.17. The Labute approximate surface area is 117 Å². The van der Waals surface area contributed by atoms with Crippen LogP contribution in [0.5, 0.6) is 0 Å². The minimum atomic E-state index is -3.95. The van der Waals surface area contributed by atoms with Crippen molar-refractivity contribution in [3.05, 3.63) is 5.82 Å². The molecule has 1 aliphatic heterocycles. The zero-order chi connectivity index (χ0) is 14.5. The van der Waals surface area contributed by atoms with Crippen LogP contribution in [0.15, 0.2) is 5.16 Å². The molecule has 1 atom stereocenters. The number of aromatic nitrogens is 3. The molecule has 0 bridgehead atoms. The normalized spacial score (nSPS) is 24.9. The lowest BCUT2D eigenvalue weighted by molar-refractivity contribution is 0.00268. The van der Waals surface area contributed by atoms with Gasteiger partial charge in [-0.25, -0.2) is 8.42 Å². The summed E-state index contributed by atoms with van der Waals surface area (Å²) in [5.74, 6) is 0.511. The second-order valence-electron chi connectivity index (χ2n) is 5.93. The fraction of sp³-hybridized carbons (Fsp3) is 0.818. The second kappa shape index (κ2) is 4.43. The largest absolute Gasteiger partial charge is 0.367 e. The Balaban J connectivity index is 2.67. The molecule has 2 heterocycles. The maximum absolute atomic E-state index is 11.6. The monoisotopic (exact) mass is 307 g/mol. The molecular weight excluding hydrogens is 290 g/mol. The van der Waals surface area contributed by atoms with Crippen molar-refractivity contribution in [2.75, 3.05) is 6.61 Å². The number of rotatable bonds is 2. The Morgan fingerprint density at radius 1 is 1.37 bits per heavy atom. The molecule has 108 valence electrons. The molecule has 6 nitrogen and oxygen atoms in total. The van der Waals surface area contributed by atoms with Crippen LogP contribution in [0, 0.1) is 0 Å². The van der Waals surface area contributed by atoms with E-state index in [0.717, 1.165) is 12.8 Å². The van der Waals surface area contributed by atoms with Gasteiger partial charge in [0.05, 0.1) is 0 Å². The predicted octanol–water partition coefficient (Wildman–Crippen LogP) is 1.99. The van der Waals surface area contributed by atoms with Crippen molar-refractivity contribution in [3.8, 4) is 0 Å². The SMILES string of the molecule is CC1(c2nnc(S(=O)(=O)Cl)n2C(C)(C)C)CCCO1. The van der Waals surface area contributed by atoms with Crippen molar-refractivity contribution in [2.24, 2.45) is 0 Å². The molecule has 1 aromatic rings. The molecule has 19 heavy (non-hydrogen) atoms. The van der Waals surface area contributed by atoms with Crippen LogP contribution in [-0.4, -0.2) is 29.8 Å². The van der Waals surface area contributed by atoms with Crippen LogP contribution < -0.4 is 0 Å². The van der Waals surface area contributed by atoms with Gasteiger partial charge in [0, 0.05) is 22.8 Å². The van der Waals surface area contributed by atoms with E-state index >= 15 is 0 Å². The number of nitrogens with zero attached hydrogens (tertiary/aromatic N) is 3. The summed E-state index contributed by atoms with van der Waals surface area (Å²) in [6.07, 6.45) is 1.69. The topological polar surface area (TPSA) is 74.1 Å². The highest BCUT2D eigenvalue weighted by molar-refractivity contribution is 8.13. The van der Waals surface area contributed by atoms with Gasteiger partial charge in [-0.2, -0.15) is 0 Å². The van der Waals surface area contributed by atoms with E-state index in [-0.39, 0.29) is 5.16 Å². The summed E-state index contributed by atoms with van der Waals surface area (Å²) in [5, 5.41) is 7.56. The lowest BCUT2D eigenvalue weighted by Crippen LogP contribution is -2.33. The van der Waals surface area contributed by atoms with Crippen LogP contribution in [0.25, 0.3) is 0 Å². The number of ether oxygens (including phenoxy) is 1. The van der Waals surface area contributed by atoms with Crippen LogP contribution in [0.3, 0.4) is 0 Å². The Kier molecular flexibility index (Phi) is 3.43. The van der Waals surface area contributed by atoms with E-state index in [4.69, 9.17) is 15.4 Å². The maximum Gasteiger partial charge on any atom is 0.296 e. The van der Waals surface area contributed by atoms with E-state index < -0.39 is 20.2 Å². The van der Waals surface area contributed by atoms with Gasteiger partial charge in [-0.15, -0.1) is 10.2 Å². The van der Waals surface area contributed by atoms with Gasteiger partial charge in [-0.3, -0.25) is 4.57 Å². The van der Waals surface area contributed by atoms with E-state index in [9.17, 15) is 8.42 Å². The molecule has 0 saturated carbocycles. The number of hydrogen-bond acceptors (Lipinski definition) is 5. The third-order valence-corrected chi connectivity index (χ3v) is 4.33. The Bertz CT molecular complexity index is 583. The van der Waals surface area contributed by atoms with Gasteiger partial charge in [0.15, 0.2) is 5.82 Å². The molecule has 0 radical (unpaired) electrons. The van der Waals surface area contributed by atoms with Gasteiger partial charge in [0.25, 0.3) is 14.2 Å². The molecule has 1 saturated heterocycles. The van der Waals surface area contributed by atoms with Crippen LogP contribution in [0.2, 0.25) is 0 Å². The minimum Gasteiger partial charge on any atom is -0.367 e. The first-order valence-corrected chi connectivity index (χ1v) is 8.42. The van der Waals surface area contributed by atoms with Crippen molar-refractivity contribution >= 4 is 19.7 Å². The molecule has 1 aromatic heterocycles. The minimum absolute atomic E-state index is 0.228. The molecule has 0 aromatic carbocycles. The van der Waals surface area contributed by atoms with Crippen molar-refractivity contribution in [2.45, 2.75) is 56.8 Å². The van der Waals surface area contributed by atoms with Gasteiger partial charge in [-0.1, -0.05) is 0 Å². The zero-order valence-corrected chi connectivity index (χ0v) is 13.0. The van der Waals surface area contributed by atoms with Crippen molar-refractivity contribution in [1.29, 1.82) is 0 Å². The van der Waals surface area contributed by atoms with E-state index in [1.54, 1.807) is 4.57 Å². The molecule has 0 spiro atoms. The molecule has 0 N–H and O–H groups in total. The smallest absolute Gasteiger partial charge is 0.296 e. The molecule has 8 heteroatoms. The second-order valence-corrected chi connectivity index (χ2v) is 8.39. The first kappa shape index (κ1) is 14.7. The molecule has 1 aliphatic rings. The lowest BCUT2D eigenvalue weighted by Gasteiger charge is -2.30. The summed E-state index contributed by atoms with van der Waals surface area (Å²) in [4.78, 5) is 0. The maximum atomic E-state index is 11.6. The fourth-order valence-corrected chi connectivity index (χ4v) is 3.35. The number of halogens is 1. The summed E-state index contributed by atoms with van der Waals surface area (Å²) in [6, 6.07) is 0. The molecule has 2 rings (SSSR count). The quantitative estimate of drug-likeness (QED) is 0.781. The fourth-order valence-electron chi connectivity index (χ4n) is 2.33. The van der Waals surface area contributed by atoms with Crippen LogP contribution in [0.1, 0.15) is 46.4 Å². The molecule has 0 aliphatic carbocycles. The summed E-state index contributed by atoms with van der Waals surface area (Å²) >= 11 is 0. The van der Waals surface area contributed by atoms with Gasteiger partial charge in [-0.05, 0) is 40.5 Å². The standard InChI is InChI=1S/C11H18ClN3O3S/c1-10(2,3)15-8(11(4)6-5-7-18-11)13-14-9(15)19(12,16)17/h5-7H2,1-4H3. The van der Waals surface area contributed by atoms with E-state index in [0.29, 0.717) is 12.4 Å². The average Bonchev–Trinajstić information content (AvgIpc) is 2.80. The molecular formula is C11H18ClN3O3S. The summed E-state index contributed by atoms with van der Waals surface area (Å²) in [5.41, 5.74) is -1.12. The Hall–Kier alpha value is -0.660. The van der Waals surface area contributed by atoms with Gasteiger partial charge >= 0.3 is 0 Å². The highest BCUT2D eigenvalue weighted by atomic mass is 35.7. The molecule has 1 fully saturated rings. The molecule has 0 amide bonds. The van der Waals surface area contributed by atoms with Gasteiger partial charge < -0.3 is 4.74 Å². The zero-order valence-electron chi connectivity index (χ0n) is 11.5. The Morgan fingerprint density at radius 3 is 2.42 bits per heavy atom. The van der Waals surface area contributed by atoms with Crippen LogP contribution in [0.4, 0.5) is 0 Å². The predicted molar refractivity (Wildman–Crippen MR) is 70.6 cm³/mol. The van der Waals surface area contributed by atoms with E-state index in [1.165, 1.54) is 0 Å². The van der Waals surface area contributed by atoms with Crippen LogP contribution in [-0.2, 0) is 24.9 Å². The van der Waals surface area contributed by atoms with Crippen molar-refractivity contribution < 1.29 is 13.2 Å². The van der Waals surface area contributed by atoms with Gasteiger partial charge in [0.2, 0.25) is 0 Å². The van der Waals surface area contributed by atoms with E-state index in [1.807, 2.05) is 27.7 Å². The van der Waals surface area contributed by atoms with Gasteiger partial charge in [0.1, 0.15) is 5.60 Å². The molecule has 1 unspecified atom stereocenters. The van der Waals surface area contributed by atoms with Crippen LogP contribution >= 0.6 is 10.7 Å². The van der Waals surface area contributed by atoms with Crippen molar-refractivity contribution in [3.63, 3.8) is 0 Å². The average molecular weight is 308 g/mol. The third-order valence-electron chi connectivity index (χ3n) is 3.21. The Morgan fingerprint density at radius 2 is 2.00 bits per heavy atom. The van der Waals surface area contributed by atoms with E-state index in [2.05, 4.69) is 10.2 Å². The number of hydrogen-bond donors (Lipinski definition) is 0. The van der Waals surface area contributed by atoms with Crippen molar-refractivity contribution in [1.82, 2.24) is 14.8 Å². The summed E-state index contributed by atoms with van der Waals surface area (Å²) in [7, 11) is 1.50. The first-order chi connectivity index (χ1) is 8.56. The highest BCUT2D eigenvalue weighted by Gasteiger charge is 2.41. The summed E-state index contributed by atoms with van der Waals surface area (Å²) < 4.78 is 30.6.